The first-order chi connectivity index (χ1) is 19.0. The number of likely N-dealkylation sites (tertiary alicyclic amines) is 1. The molecule has 204 valence electrons. The molecule has 0 saturated carbocycles. The molecule has 5 rings (SSSR count). The lowest BCUT2D eigenvalue weighted by atomic mass is 10.0. The van der Waals surface area contributed by atoms with E-state index in [2.05, 4.69) is 37.6 Å². The number of ether oxygens (including phenoxy) is 2. The molecule has 9 nitrogen and oxygen atoms in total. The van der Waals surface area contributed by atoms with Crippen LogP contribution in [0, 0.1) is 0 Å². The van der Waals surface area contributed by atoms with E-state index in [1.165, 1.54) is 12.5 Å². The van der Waals surface area contributed by atoms with Gasteiger partial charge in [0.2, 0.25) is 5.91 Å². The number of aromatic amines is 1. The number of nitrogens with one attached hydrogen (secondary N) is 3. The Kier molecular flexibility index (Phi) is 8.48. The van der Waals surface area contributed by atoms with E-state index in [0.717, 1.165) is 60.7 Å². The Labute approximate surface area is 232 Å². The summed E-state index contributed by atoms with van der Waals surface area (Å²) in [6, 6.07) is 16.2. The van der Waals surface area contributed by atoms with Gasteiger partial charge in [-0.25, -0.2) is 9.97 Å². The van der Waals surface area contributed by atoms with Crippen molar-refractivity contribution >= 4 is 34.4 Å². The fourth-order valence-corrected chi connectivity index (χ4v) is 4.94. The van der Waals surface area contributed by atoms with Crippen molar-refractivity contribution in [1.82, 2.24) is 25.2 Å². The smallest absolute Gasteiger partial charge is 0.216 e. The van der Waals surface area contributed by atoms with Gasteiger partial charge in [0, 0.05) is 38.2 Å². The number of fused-ring (bicyclic) bond motifs is 1. The molecule has 4 aromatic rings. The molecule has 3 N–H and O–H groups in total. The highest BCUT2D eigenvalue weighted by atomic mass is 35.5. The Morgan fingerprint density at radius 3 is 2.51 bits per heavy atom. The monoisotopic (exact) mass is 548 g/mol. The first kappa shape index (κ1) is 26.8. The lowest BCUT2D eigenvalue weighted by Gasteiger charge is -2.33. The van der Waals surface area contributed by atoms with Crippen LogP contribution >= 0.6 is 11.6 Å². The van der Waals surface area contributed by atoms with Gasteiger partial charge in [0.15, 0.2) is 5.65 Å². The molecule has 0 unspecified atom stereocenters. The van der Waals surface area contributed by atoms with E-state index in [1.54, 1.807) is 13.3 Å². The van der Waals surface area contributed by atoms with E-state index in [-0.39, 0.29) is 5.91 Å². The maximum atomic E-state index is 11.0. The summed E-state index contributed by atoms with van der Waals surface area (Å²) in [6.07, 6.45) is 3.68. The number of anilines is 1. The van der Waals surface area contributed by atoms with Gasteiger partial charge in [-0.2, -0.15) is 0 Å². The van der Waals surface area contributed by atoms with Gasteiger partial charge in [-0.3, -0.25) is 9.69 Å². The molecule has 2 aromatic carbocycles. The normalized spacial score (nSPS) is 14.3. The zero-order valence-electron chi connectivity index (χ0n) is 22.2. The minimum Gasteiger partial charge on any atom is -0.497 e. The van der Waals surface area contributed by atoms with Gasteiger partial charge >= 0.3 is 0 Å². The van der Waals surface area contributed by atoms with Gasteiger partial charge in [-0.05, 0) is 54.8 Å². The van der Waals surface area contributed by atoms with Gasteiger partial charge in [0.1, 0.15) is 29.4 Å². The van der Waals surface area contributed by atoms with Crippen LogP contribution in [-0.2, 0) is 11.3 Å². The average Bonchev–Trinajstić information content (AvgIpc) is 3.39. The van der Waals surface area contributed by atoms with Crippen LogP contribution in [0.15, 0.2) is 54.7 Å². The predicted octanol–water partition coefficient (Wildman–Crippen LogP) is 4.88. The van der Waals surface area contributed by atoms with Crippen molar-refractivity contribution in [3.8, 4) is 22.9 Å². The maximum Gasteiger partial charge on any atom is 0.216 e. The lowest BCUT2D eigenvalue weighted by Crippen LogP contribution is -2.38. The molecule has 1 aliphatic heterocycles. The number of rotatable bonds is 10. The maximum absolute atomic E-state index is 11.0. The second kappa shape index (κ2) is 12.4. The van der Waals surface area contributed by atoms with Gasteiger partial charge in [0.05, 0.1) is 30.6 Å². The van der Waals surface area contributed by atoms with Crippen LogP contribution in [0.3, 0.4) is 0 Å². The number of hydrogen-bond donors (Lipinski definition) is 3. The number of carbonyl (C=O) groups is 1. The van der Waals surface area contributed by atoms with Crippen molar-refractivity contribution in [1.29, 1.82) is 0 Å². The van der Waals surface area contributed by atoms with Gasteiger partial charge < -0.3 is 25.1 Å². The number of carbonyl (C=O) groups excluding carboxylic acids is 1. The number of piperidine rings is 1. The van der Waals surface area contributed by atoms with Crippen molar-refractivity contribution in [2.24, 2.45) is 0 Å². The van der Waals surface area contributed by atoms with Crippen molar-refractivity contribution in [2.75, 3.05) is 38.7 Å². The molecule has 1 saturated heterocycles. The second-order valence-corrected chi connectivity index (χ2v) is 10.1. The van der Waals surface area contributed by atoms with E-state index in [4.69, 9.17) is 26.1 Å². The molecule has 0 aliphatic carbocycles. The summed E-state index contributed by atoms with van der Waals surface area (Å²) in [5.74, 6) is 2.24. The third-order valence-electron chi connectivity index (χ3n) is 6.85. The Morgan fingerprint density at radius 2 is 1.82 bits per heavy atom. The van der Waals surface area contributed by atoms with Crippen LogP contribution in [0.2, 0.25) is 5.02 Å². The predicted molar refractivity (Wildman–Crippen MR) is 153 cm³/mol. The molecule has 0 atom stereocenters. The van der Waals surface area contributed by atoms with Crippen molar-refractivity contribution in [3.63, 3.8) is 0 Å². The molecule has 1 fully saturated rings. The molecule has 3 heterocycles. The summed E-state index contributed by atoms with van der Waals surface area (Å²) in [5.41, 5.74) is 4.46. The molecular formula is C29H33ClN6O3. The molecule has 0 spiro atoms. The van der Waals surface area contributed by atoms with Crippen molar-refractivity contribution < 1.29 is 14.3 Å². The minimum absolute atomic E-state index is 0.0726. The molecule has 10 heteroatoms. The number of H-pyrrole nitrogens is 1. The summed E-state index contributed by atoms with van der Waals surface area (Å²) in [5, 5.41) is 6.95. The Bertz CT molecular complexity index is 1400. The van der Waals surface area contributed by atoms with Gasteiger partial charge in [-0.15, -0.1) is 0 Å². The van der Waals surface area contributed by atoms with E-state index >= 15 is 0 Å². The Morgan fingerprint density at radius 1 is 1.10 bits per heavy atom. The first-order valence-corrected chi connectivity index (χ1v) is 13.5. The van der Waals surface area contributed by atoms with E-state index in [1.807, 2.05) is 36.4 Å². The molecule has 0 radical (unpaired) electrons. The van der Waals surface area contributed by atoms with Crippen molar-refractivity contribution in [3.05, 3.63) is 65.3 Å². The van der Waals surface area contributed by atoms with Crippen LogP contribution in [0.25, 0.3) is 22.6 Å². The third-order valence-corrected chi connectivity index (χ3v) is 7.13. The molecule has 39 heavy (non-hydrogen) atoms. The number of amides is 1. The highest BCUT2D eigenvalue weighted by molar-refractivity contribution is 6.34. The number of hydrogen-bond acceptors (Lipinski definition) is 7. The molecule has 2 aromatic heterocycles. The van der Waals surface area contributed by atoms with Crippen LogP contribution in [-0.4, -0.2) is 65.2 Å². The number of benzene rings is 2. The summed E-state index contributed by atoms with van der Waals surface area (Å²) in [4.78, 5) is 26.0. The highest BCUT2D eigenvalue weighted by Gasteiger charge is 2.22. The molecule has 1 amide bonds. The van der Waals surface area contributed by atoms with E-state index < -0.39 is 0 Å². The number of pyridine rings is 1. The molecule has 1 aliphatic rings. The Hall–Kier alpha value is -3.82. The SMILES string of the molecule is COc1ccc(CN2CCC(Nc3c(Cl)cnc4nc(-c5ccc(OCCNC(C)=O)cc5)[nH]c34)CC2)cc1. The van der Waals surface area contributed by atoms with Gasteiger partial charge in [-0.1, -0.05) is 23.7 Å². The number of imidazole rings is 1. The van der Waals surface area contributed by atoms with Crippen LogP contribution in [0.5, 0.6) is 11.5 Å². The third kappa shape index (κ3) is 6.79. The van der Waals surface area contributed by atoms with E-state index in [9.17, 15) is 4.79 Å². The first-order valence-electron chi connectivity index (χ1n) is 13.1. The number of halogens is 1. The fourth-order valence-electron chi connectivity index (χ4n) is 4.75. The summed E-state index contributed by atoms with van der Waals surface area (Å²) in [6.45, 7) is 5.29. The summed E-state index contributed by atoms with van der Waals surface area (Å²) >= 11 is 6.60. The number of nitrogens with zero attached hydrogens (tertiary/aromatic N) is 3. The summed E-state index contributed by atoms with van der Waals surface area (Å²) in [7, 11) is 1.69. The molecule has 0 bridgehead atoms. The zero-order chi connectivity index (χ0) is 27.2. The number of methoxy groups -OCH3 is 1. The average molecular weight is 549 g/mol. The highest BCUT2D eigenvalue weighted by Crippen LogP contribution is 2.32. The lowest BCUT2D eigenvalue weighted by molar-refractivity contribution is -0.119. The topological polar surface area (TPSA) is 104 Å². The number of aromatic nitrogens is 3. The largest absolute Gasteiger partial charge is 0.497 e. The zero-order valence-corrected chi connectivity index (χ0v) is 22.9. The summed E-state index contributed by atoms with van der Waals surface area (Å²) < 4.78 is 10.9. The van der Waals surface area contributed by atoms with Crippen molar-refractivity contribution in [2.45, 2.75) is 32.4 Å². The second-order valence-electron chi connectivity index (χ2n) is 9.66. The standard InChI is InChI=1S/C29H33ClN6O3/c1-19(37)31-13-16-39-24-9-5-21(6-10-24)28-34-27-26(25(30)17-32-29(27)35-28)33-22-11-14-36(15-12-22)18-20-3-7-23(38-2)8-4-20/h3-10,17,22H,11-16,18H2,1-2H3,(H,31,37)(H2,32,33,34,35). The van der Waals surface area contributed by atoms with Gasteiger partial charge in [0.25, 0.3) is 0 Å². The van der Waals surface area contributed by atoms with Crippen LogP contribution in [0.1, 0.15) is 25.3 Å². The molecular weight excluding hydrogens is 516 g/mol. The van der Waals surface area contributed by atoms with E-state index in [0.29, 0.717) is 35.7 Å². The van der Waals surface area contributed by atoms with Crippen LogP contribution in [0.4, 0.5) is 5.69 Å². The Balaban J connectivity index is 1.21. The fraction of sp³-hybridized carbons (Fsp3) is 0.345. The van der Waals surface area contributed by atoms with Crippen LogP contribution < -0.4 is 20.1 Å². The quantitative estimate of drug-likeness (QED) is 0.243. The minimum atomic E-state index is -0.0726.